The van der Waals surface area contributed by atoms with Crippen molar-refractivity contribution in [2.24, 2.45) is 11.6 Å². The number of hydrogen-bond acceptors (Lipinski definition) is 6. The molecule has 2 aliphatic heterocycles. The van der Waals surface area contributed by atoms with Crippen LogP contribution in [-0.2, 0) is 14.3 Å². The number of fused-ring (bicyclic) bond motifs is 1. The molecule has 0 spiro atoms. The van der Waals surface area contributed by atoms with E-state index in [-0.39, 0.29) is 41.3 Å². The average molecular weight is 342 g/mol. The highest BCUT2D eigenvalue weighted by Crippen LogP contribution is 2.36. The van der Waals surface area contributed by atoms with Gasteiger partial charge in [0.2, 0.25) is 5.91 Å². The summed E-state index contributed by atoms with van der Waals surface area (Å²) in [5.74, 6) is 5.65. The van der Waals surface area contributed by atoms with Gasteiger partial charge in [0.25, 0.3) is 0 Å². The van der Waals surface area contributed by atoms with E-state index in [4.69, 9.17) is 16.3 Å². The molecule has 9 heteroatoms. The van der Waals surface area contributed by atoms with E-state index in [2.05, 4.69) is 5.32 Å². The first-order chi connectivity index (χ1) is 10.9. The summed E-state index contributed by atoms with van der Waals surface area (Å²) >= 11 is 1.80. The third kappa shape index (κ3) is 4.38. The Morgan fingerprint density at radius 2 is 2.22 bits per heavy atom. The maximum atomic E-state index is 11.5. The van der Waals surface area contributed by atoms with Crippen molar-refractivity contribution in [3.8, 4) is 0 Å². The second kappa shape index (κ2) is 7.69. The zero-order chi connectivity index (χ0) is 17.0. The Morgan fingerprint density at radius 3 is 2.91 bits per heavy atom. The van der Waals surface area contributed by atoms with E-state index in [9.17, 15) is 14.4 Å². The molecule has 2 rings (SSSR count). The Balaban J connectivity index is 1.66. The van der Waals surface area contributed by atoms with E-state index in [1.54, 1.807) is 11.8 Å². The number of esters is 1. The predicted molar refractivity (Wildman–Crippen MR) is 85.9 cm³/mol. The molecule has 0 aromatic carbocycles. The molecule has 0 aliphatic carbocycles. The van der Waals surface area contributed by atoms with Gasteiger partial charge in [0.15, 0.2) is 0 Å². The second-order valence-electron chi connectivity index (χ2n) is 5.73. The number of hydrazine groups is 1. The summed E-state index contributed by atoms with van der Waals surface area (Å²) in [4.78, 5) is 33.8. The number of urea groups is 1. The van der Waals surface area contributed by atoms with Gasteiger partial charge in [-0.2, -0.15) is 11.8 Å². The van der Waals surface area contributed by atoms with Crippen molar-refractivity contribution in [1.82, 2.24) is 10.3 Å². The van der Waals surface area contributed by atoms with E-state index in [1.807, 2.05) is 0 Å². The molecular weight excluding hydrogens is 320 g/mol. The molecular formula is C14H22N4O4S. The Morgan fingerprint density at radius 1 is 1.48 bits per heavy atom. The number of rotatable bonds is 7. The molecule has 0 radical (unpaired) electrons. The number of ether oxygens (including phenoxy) is 1. The fourth-order valence-electron chi connectivity index (χ4n) is 2.69. The number of amides is 3. The molecule has 128 valence electrons. The highest BCUT2D eigenvalue weighted by molar-refractivity contribution is 8.00. The largest absolute Gasteiger partial charge is 0.434 e. The first-order valence-corrected chi connectivity index (χ1v) is 8.57. The number of unbranched alkanes of at least 4 members (excludes halogenated alkanes) is 1. The molecule has 5 N–H and O–H groups in total. The lowest BCUT2D eigenvalue weighted by Gasteiger charge is -2.22. The van der Waals surface area contributed by atoms with Crippen molar-refractivity contribution >= 4 is 29.7 Å². The second-order valence-corrected chi connectivity index (χ2v) is 7.00. The quantitative estimate of drug-likeness (QED) is 0.116. The number of thioether (sulfide) groups is 1. The first-order valence-electron chi connectivity index (χ1n) is 7.52. The number of nitrogens with two attached hydrogens (primary N) is 2. The van der Waals surface area contributed by atoms with Crippen LogP contribution in [-0.4, -0.2) is 46.0 Å². The van der Waals surface area contributed by atoms with Gasteiger partial charge in [-0.25, -0.2) is 10.6 Å². The van der Waals surface area contributed by atoms with Crippen molar-refractivity contribution in [3.05, 3.63) is 11.8 Å². The Kier molecular flexibility index (Phi) is 5.89. The van der Waals surface area contributed by atoms with Gasteiger partial charge in [-0.15, -0.1) is 0 Å². The number of nitrogens with zero attached hydrogens (tertiary/aromatic N) is 1. The number of nitrogens with one attached hydrogen (secondary N) is 1. The number of hydrogen-bond donors (Lipinski definition) is 3. The summed E-state index contributed by atoms with van der Waals surface area (Å²) in [6, 6.07) is -0.0690. The topological polar surface area (TPSA) is 128 Å². The molecule has 2 heterocycles. The summed E-state index contributed by atoms with van der Waals surface area (Å²) in [6.07, 6.45) is 3.78. The average Bonchev–Trinajstić information content (AvgIpc) is 3.02. The molecule has 0 aromatic rings. The SMILES string of the molecule is C/C(=C\OC(=O)CCCC[C@H]1SC[C@H]2NC(=O)N(N)[C@H]21)C(N)=O. The van der Waals surface area contributed by atoms with Crippen LogP contribution in [0.2, 0.25) is 0 Å². The van der Waals surface area contributed by atoms with Crippen molar-refractivity contribution in [2.75, 3.05) is 5.75 Å². The van der Waals surface area contributed by atoms with Gasteiger partial charge in [-0.3, -0.25) is 14.6 Å². The Hall–Kier alpha value is -1.74. The molecule has 2 fully saturated rings. The van der Waals surface area contributed by atoms with Gasteiger partial charge in [-0.1, -0.05) is 6.42 Å². The van der Waals surface area contributed by atoms with Gasteiger partial charge >= 0.3 is 12.0 Å². The van der Waals surface area contributed by atoms with Crippen LogP contribution < -0.4 is 16.9 Å². The van der Waals surface area contributed by atoms with Gasteiger partial charge in [0.1, 0.15) is 6.26 Å². The lowest BCUT2D eigenvalue weighted by Crippen LogP contribution is -2.45. The summed E-state index contributed by atoms with van der Waals surface area (Å²) in [5, 5.41) is 4.44. The number of carbonyl (C=O) groups is 3. The Bertz CT molecular complexity index is 525. The highest BCUT2D eigenvalue weighted by atomic mass is 32.2. The van der Waals surface area contributed by atoms with Crippen LogP contribution >= 0.6 is 11.8 Å². The lowest BCUT2D eigenvalue weighted by molar-refractivity contribution is -0.138. The van der Waals surface area contributed by atoms with E-state index in [1.165, 1.54) is 11.9 Å². The molecule has 2 saturated heterocycles. The molecule has 2 aliphatic rings. The molecule has 0 bridgehead atoms. The van der Waals surface area contributed by atoms with Crippen LogP contribution in [0.4, 0.5) is 4.79 Å². The highest BCUT2D eigenvalue weighted by Gasteiger charge is 2.47. The Labute approximate surface area is 138 Å². The predicted octanol–water partition coefficient (Wildman–Crippen LogP) is 0.231. The minimum absolute atomic E-state index is 0.0283. The van der Waals surface area contributed by atoms with Crippen LogP contribution in [0.5, 0.6) is 0 Å². The standard InChI is InChI=1S/C14H22N4O4S/c1-8(13(15)20)6-22-11(19)5-3-2-4-10-12-9(7-23-10)17-14(21)18(12)16/h6,9-10,12H,2-5,7,16H2,1H3,(H2,15,20)(H,17,21)/b8-6+/t9-,10-,12-/m1/s1. The molecule has 3 amide bonds. The van der Waals surface area contributed by atoms with Crippen molar-refractivity contribution < 1.29 is 19.1 Å². The van der Waals surface area contributed by atoms with E-state index < -0.39 is 5.91 Å². The molecule has 23 heavy (non-hydrogen) atoms. The fourth-order valence-corrected chi connectivity index (χ4v) is 4.28. The van der Waals surface area contributed by atoms with Gasteiger partial charge < -0.3 is 15.8 Å². The first kappa shape index (κ1) is 17.6. The maximum absolute atomic E-state index is 11.5. The van der Waals surface area contributed by atoms with Crippen LogP contribution in [0.25, 0.3) is 0 Å². The van der Waals surface area contributed by atoms with Gasteiger partial charge in [-0.05, 0) is 19.8 Å². The summed E-state index contributed by atoms with van der Waals surface area (Å²) in [5.41, 5.74) is 5.24. The normalized spacial score (nSPS) is 26.9. The summed E-state index contributed by atoms with van der Waals surface area (Å²) in [6.45, 7) is 1.48. The van der Waals surface area contributed by atoms with Crippen molar-refractivity contribution in [1.29, 1.82) is 0 Å². The molecule has 3 atom stereocenters. The molecule has 8 nitrogen and oxygen atoms in total. The van der Waals surface area contributed by atoms with E-state index >= 15 is 0 Å². The van der Waals surface area contributed by atoms with Gasteiger partial charge in [0.05, 0.1) is 12.1 Å². The van der Waals surface area contributed by atoms with Crippen LogP contribution in [0.15, 0.2) is 11.8 Å². The third-order valence-corrected chi connectivity index (χ3v) is 5.52. The minimum Gasteiger partial charge on any atom is -0.434 e. The number of primary amides is 1. The van der Waals surface area contributed by atoms with Crippen molar-refractivity contribution in [3.63, 3.8) is 0 Å². The third-order valence-electron chi connectivity index (χ3n) is 4.02. The zero-order valence-electron chi connectivity index (χ0n) is 13.0. The minimum atomic E-state index is -0.614. The molecule has 0 saturated carbocycles. The lowest BCUT2D eigenvalue weighted by atomic mass is 10.0. The van der Waals surface area contributed by atoms with E-state index in [0.29, 0.717) is 6.42 Å². The van der Waals surface area contributed by atoms with Crippen molar-refractivity contribution in [2.45, 2.75) is 49.9 Å². The number of carbonyl (C=O) groups excluding carboxylic acids is 3. The van der Waals surface area contributed by atoms with E-state index in [0.717, 1.165) is 24.9 Å². The van der Waals surface area contributed by atoms with Crippen LogP contribution in [0.1, 0.15) is 32.6 Å². The summed E-state index contributed by atoms with van der Waals surface area (Å²) < 4.78 is 4.85. The smallest absolute Gasteiger partial charge is 0.332 e. The molecule has 0 unspecified atom stereocenters. The zero-order valence-corrected chi connectivity index (χ0v) is 13.8. The van der Waals surface area contributed by atoms with Crippen LogP contribution in [0.3, 0.4) is 0 Å². The van der Waals surface area contributed by atoms with Crippen LogP contribution in [0, 0.1) is 0 Å². The molecule has 0 aromatic heterocycles. The summed E-state index contributed by atoms with van der Waals surface area (Å²) in [7, 11) is 0. The fraction of sp³-hybridized carbons (Fsp3) is 0.643. The van der Waals surface area contributed by atoms with Gasteiger partial charge in [0, 0.05) is 23.0 Å². The monoisotopic (exact) mass is 342 g/mol. The maximum Gasteiger partial charge on any atom is 0.332 e.